The average molecular weight is 1230 g/mol. The number of amides is 5. The van der Waals surface area contributed by atoms with Gasteiger partial charge in [-0.05, 0) is 123 Å². The second-order valence-electron chi connectivity index (χ2n) is 25.4. The van der Waals surface area contributed by atoms with Crippen molar-refractivity contribution in [3.63, 3.8) is 0 Å². The maximum Gasteiger partial charge on any atom is 0.272 e. The summed E-state index contributed by atoms with van der Waals surface area (Å²) in [7, 11) is 1.83. The lowest BCUT2D eigenvalue weighted by molar-refractivity contribution is -0.145. The minimum absolute atomic E-state index is 0.0107. The molecule has 0 spiro atoms. The van der Waals surface area contributed by atoms with Crippen LogP contribution in [0.5, 0.6) is 5.75 Å². The molecule has 11 rings (SSSR count). The van der Waals surface area contributed by atoms with Gasteiger partial charge in [0, 0.05) is 80.7 Å². The molecule has 464 valence electrons. The number of nitrogens with zero attached hydrogens (tertiary/aromatic N) is 8. The Morgan fingerprint density at radius 1 is 0.932 bits per heavy atom. The molecule has 2 saturated carbocycles. The summed E-state index contributed by atoms with van der Waals surface area (Å²) >= 11 is 2.97. The smallest absolute Gasteiger partial charge is 0.272 e. The monoisotopic (exact) mass is 1230 g/mol. The third-order valence-corrected chi connectivity index (χ3v) is 19.8. The number of aliphatic hydroxyl groups is 1. The van der Waals surface area contributed by atoms with Gasteiger partial charge in [-0.25, -0.2) is 19.3 Å². The zero-order valence-corrected chi connectivity index (χ0v) is 52.8. The number of alkyl halides is 1. The molecule has 7 aromatic rings. The summed E-state index contributed by atoms with van der Waals surface area (Å²) in [5.41, 5.74) is 7.96. The normalized spacial score (nSPS) is 17.8. The van der Waals surface area contributed by atoms with Gasteiger partial charge < -0.3 is 35.2 Å². The van der Waals surface area contributed by atoms with Gasteiger partial charge in [-0.3, -0.25) is 34.0 Å². The van der Waals surface area contributed by atoms with Crippen LogP contribution in [0.25, 0.3) is 31.8 Å². The van der Waals surface area contributed by atoms with Crippen molar-refractivity contribution in [2.75, 3.05) is 43.5 Å². The number of pyridine rings is 1. The molecule has 4 N–H and O–H groups in total. The van der Waals surface area contributed by atoms with Crippen molar-refractivity contribution >= 4 is 73.4 Å². The van der Waals surface area contributed by atoms with E-state index in [2.05, 4.69) is 48.5 Å². The van der Waals surface area contributed by atoms with Crippen molar-refractivity contribution < 1.29 is 38.2 Å². The highest BCUT2D eigenvalue weighted by Crippen LogP contribution is 2.41. The SMILES string of the molecule is Cc1ncsc1-c1ccc(CNC(=O)[C@@H]2C[C@@H](O)CN2C(=O)[C@@H](NC(=O)C2(F)CC2)C(C)(C)C)c(OCCCCCCN(C)C(=O)c2nc(N3CCc4cccc(C(=O)Nc5nc6ccccc6s5)c4C3)ccc2-c2cnn(CC3CCCCC3)c2C)c1. The standard InChI is InChI=1S/C67H80FN11O7S2/c1-41-58(87-40-70-41)45-23-24-46(35-69-61(82)53-34-47(80)38-78(53)63(84)59(66(3,4)5)74-64(85)67(68)28-29-67)54(33-45)86-32-15-8-7-14-30-76(6)62(83)57-48(50-36-71-79(42(50)2)37-43-17-10-9-11-18-43)25-26-56(73-57)77-31-27-44-19-16-20-49(51(44)39-77)60(81)75-65-72-52-21-12-13-22-55(52)88-65/h12-13,16,19-26,33,36,40,43,47,53,59,80H,7-11,14-15,17-18,27-32,34-35,37-39H2,1-6H3,(H,69,82)(H,74,85)(H,72,75,81)/t47-,53+,59-/m1/s1. The molecule has 5 amide bonds. The van der Waals surface area contributed by atoms with E-state index in [4.69, 9.17) is 14.8 Å². The van der Waals surface area contributed by atoms with Crippen LogP contribution in [0.1, 0.15) is 147 Å². The highest BCUT2D eigenvalue weighted by Gasteiger charge is 2.53. The van der Waals surface area contributed by atoms with E-state index < -0.39 is 47.0 Å². The number of nitrogens with one attached hydrogen (secondary N) is 3. The Labute approximate surface area is 521 Å². The van der Waals surface area contributed by atoms with Crippen molar-refractivity contribution in [3.05, 3.63) is 124 Å². The fourth-order valence-electron chi connectivity index (χ4n) is 12.4. The first kappa shape index (κ1) is 62.0. The molecular formula is C67H80FN11O7S2. The maximum absolute atomic E-state index is 14.9. The van der Waals surface area contributed by atoms with E-state index in [0.29, 0.717) is 66.5 Å². The van der Waals surface area contributed by atoms with E-state index in [1.54, 1.807) is 31.2 Å². The van der Waals surface area contributed by atoms with Gasteiger partial charge in [-0.15, -0.1) is 11.3 Å². The first-order valence-corrected chi connectivity index (χ1v) is 32.8. The molecule has 88 heavy (non-hydrogen) atoms. The van der Waals surface area contributed by atoms with Crippen molar-refractivity contribution in [2.45, 2.75) is 162 Å². The van der Waals surface area contributed by atoms with Gasteiger partial charge in [-0.2, -0.15) is 5.10 Å². The zero-order chi connectivity index (χ0) is 61.9. The number of rotatable bonds is 22. The minimum atomic E-state index is -1.99. The van der Waals surface area contributed by atoms with Crippen LogP contribution in [0.2, 0.25) is 0 Å². The lowest BCUT2D eigenvalue weighted by Crippen LogP contribution is -2.59. The Hall–Kier alpha value is -7.62. The lowest BCUT2D eigenvalue weighted by atomic mass is 9.85. The number of hydrogen-bond acceptors (Lipinski definition) is 14. The largest absolute Gasteiger partial charge is 0.493 e. The van der Waals surface area contributed by atoms with Crippen molar-refractivity contribution in [3.8, 4) is 27.3 Å². The van der Waals surface area contributed by atoms with E-state index in [1.165, 1.54) is 59.7 Å². The summed E-state index contributed by atoms with van der Waals surface area (Å²) in [5.74, 6) is -0.437. The molecule has 4 aliphatic rings. The first-order valence-electron chi connectivity index (χ1n) is 31.1. The number of anilines is 2. The third-order valence-electron chi connectivity index (χ3n) is 17.9. The number of ether oxygens (including phenoxy) is 1. The number of para-hydroxylation sites is 1. The Morgan fingerprint density at radius 2 is 1.73 bits per heavy atom. The van der Waals surface area contributed by atoms with Crippen molar-refractivity contribution in [2.24, 2.45) is 11.3 Å². The molecule has 0 bridgehead atoms. The van der Waals surface area contributed by atoms with E-state index in [0.717, 1.165) is 92.1 Å². The number of aromatic nitrogens is 5. The number of carbonyl (C=O) groups is 5. The molecule has 0 radical (unpaired) electrons. The van der Waals surface area contributed by atoms with Crippen molar-refractivity contribution in [1.29, 1.82) is 0 Å². The van der Waals surface area contributed by atoms with Gasteiger partial charge >= 0.3 is 0 Å². The molecule has 3 aromatic carbocycles. The Morgan fingerprint density at radius 3 is 2.49 bits per heavy atom. The fraction of sp³-hybridized carbons (Fsp3) is 0.478. The number of aryl methyl sites for hydroxylation is 1. The number of thiazole rings is 2. The number of fused-ring (bicyclic) bond motifs is 2. The topological polar surface area (TPSA) is 217 Å². The summed E-state index contributed by atoms with van der Waals surface area (Å²) in [4.78, 5) is 90.3. The van der Waals surface area contributed by atoms with E-state index in [1.807, 2.05) is 86.9 Å². The molecular weight excluding hydrogens is 1150 g/mol. The molecule has 3 fully saturated rings. The Bertz CT molecular complexity index is 3680. The number of benzene rings is 3. The average Bonchev–Trinajstić information content (AvgIpc) is 2.23. The lowest BCUT2D eigenvalue weighted by Gasteiger charge is -2.35. The van der Waals surface area contributed by atoms with Gasteiger partial charge in [0.2, 0.25) is 11.8 Å². The molecule has 2 aliphatic carbocycles. The van der Waals surface area contributed by atoms with Crippen LogP contribution in [-0.2, 0) is 40.4 Å². The van der Waals surface area contributed by atoms with Crippen LogP contribution in [-0.4, -0.2) is 126 Å². The highest BCUT2D eigenvalue weighted by atomic mass is 32.1. The summed E-state index contributed by atoms with van der Waals surface area (Å²) in [6, 6.07) is 21.4. The number of carbonyl (C=O) groups excluding carboxylic acids is 5. The minimum Gasteiger partial charge on any atom is -0.493 e. The summed E-state index contributed by atoms with van der Waals surface area (Å²) in [6.45, 7) is 12.1. The molecule has 21 heteroatoms. The molecule has 1 saturated heterocycles. The third kappa shape index (κ3) is 14.0. The molecule has 18 nitrogen and oxygen atoms in total. The van der Waals surface area contributed by atoms with Crippen molar-refractivity contribution in [1.82, 2.24) is 45.2 Å². The van der Waals surface area contributed by atoms with Gasteiger partial charge in [0.15, 0.2) is 10.8 Å². The summed E-state index contributed by atoms with van der Waals surface area (Å²) < 4.78 is 24.4. The van der Waals surface area contributed by atoms with Crippen LogP contribution >= 0.6 is 22.7 Å². The molecule has 2 aliphatic heterocycles. The number of halogens is 1. The number of hydrogen-bond donors (Lipinski definition) is 4. The second-order valence-corrected chi connectivity index (χ2v) is 27.3. The van der Waals surface area contributed by atoms with Crippen LogP contribution in [0.3, 0.4) is 0 Å². The van der Waals surface area contributed by atoms with E-state index in [9.17, 15) is 33.5 Å². The van der Waals surface area contributed by atoms with E-state index >= 15 is 0 Å². The molecule has 6 heterocycles. The van der Waals surface area contributed by atoms with Crippen LogP contribution in [0, 0.1) is 25.2 Å². The number of likely N-dealkylation sites (tertiary alicyclic amines) is 1. The van der Waals surface area contributed by atoms with Crippen LogP contribution < -0.4 is 25.6 Å². The highest BCUT2D eigenvalue weighted by molar-refractivity contribution is 7.22. The number of unbranched alkanes of at least 4 members (excludes halogenated alkanes) is 3. The van der Waals surface area contributed by atoms with E-state index in [-0.39, 0.29) is 44.2 Å². The zero-order valence-electron chi connectivity index (χ0n) is 51.2. The number of β-amino-alcohol motifs (C(OH)–C–C–N with tert-alkyl or cyclic N) is 1. The second kappa shape index (κ2) is 26.6. The molecule has 0 unspecified atom stereocenters. The fourth-order valence-corrected chi connectivity index (χ4v) is 14.1. The maximum atomic E-state index is 14.9. The van der Waals surface area contributed by atoms with Gasteiger partial charge in [0.05, 0.1) is 45.2 Å². The predicted molar refractivity (Wildman–Crippen MR) is 341 cm³/mol. The predicted octanol–water partition coefficient (Wildman–Crippen LogP) is 11.0. The van der Waals surface area contributed by atoms with Crippen LogP contribution in [0.15, 0.2) is 84.5 Å². The summed E-state index contributed by atoms with van der Waals surface area (Å²) in [6.07, 6.45) is 11.1. The summed E-state index contributed by atoms with van der Waals surface area (Å²) in [5, 5.41) is 24.9. The van der Waals surface area contributed by atoms with Crippen LogP contribution in [0.4, 0.5) is 15.3 Å². The Kier molecular flexibility index (Phi) is 18.7. The Balaban J connectivity index is 0.737. The van der Waals surface area contributed by atoms with Gasteiger partial charge in [0.25, 0.3) is 17.7 Å². The molecule has 4 aromatic heterocycles. The quantitative estimate of drug-likeness (QED) is 0.0466. The van der Waals surface area contributed by atoms with Gasteiger partial charge in [0.1, 0.15) is 29.3 Å². The van der Waals surface area contributed by atoms with Gasteiger partial charge in [-0.1, -0.05) is 101 Å². The number of aliphatic hydroxyl groups excluding tert-OH is 1. The molecule has 3 atom stereocenters. The first-order chi connectivity index (χ1) is 42.3.